The van der Waals surface area contributed by atoms with Crippen LogP contribution in [0, 0.1) is 16.0 Å². The van der Waals surface area contributed by atoms with Gasteiger partial charge >= 0.3 is 0 Å². The Bertz CT molecular complexity index is 638. The van der Waals surface area contributed by atoms with Crippen molar-refractivity contribution in [1.82, 2.24) is 4.98 Å². The molecular weight excluding hydrogens is 266 g/mol. The topological polar surface area (TPSA) is 85.1 Å². The van der Waals surface area contributed by atoms with Crippen LogP contribution in [0.5, 0.6) is 0 Å². The molecule has 1 aromatic carbocycles. The highest BCUT2D eigenvalue weighted by Crippen LogP contribution is 2.29. The number of thiazole rings is 1. The smallest absolute Gasteiger partial charge is 0.270 e. The Hall–Kier alpha value is -2.02. The van der Waals surface area contributed by atoms with Crippen molar-refractivity contribution in [3.63, 3.8) is 0 Å². The second-order valence-electron chi connectivity index (χ2n) is 4.23. The van der Waals surface area contributed by atoms with Gasteiger partial charge in [0.05, 0.1) is 15.1 Å². The number of hydrogen-bond acceptors (Lipinski definition) is 5. The molecule has 1 heterocycles. The van der Waals surface area contributed by atoms with E-state index in [2.05, 4.69) is 10.3 Å². The van der Waals surface area contributed by atoms with E-state index in [1.54, 1.807) is 6.07 Å². The normalized spacial score (nSPS) is 12.3. The molecule has 6 nitrogen and oxygen atoms in total. The van der Waals surface area contributed by atoms with E-state index in [0.717, 1.165) is 6.42 Å². The van der Waals surface area contributed by atoms with Crippen LogP contribution in [0.15, 0.2) is 18.2 Å². The third-order valence-corrected chi connectivity index (χ3v) is 3.81. The summed E-state index contributed by atoms with van der Waals surface area (Å²) in [6.45, 7) is 3.78. The van der Waals surface area contributed by atoms with Crippen LogP contribution in [0.25, 0.3) is 10.2 Å². The minimum absolute atomic E-state index is 0.0240. The van der Waals surface area contributed by atoms with Crippen molar-refractivity contribution in [3.8, 4) is 0 Å². The first kappa shape index (κ1) is 13.4. The molecule has 0 fully saturated rings. The van der Waals surface area contributed by atoms with Gasteiger partial charge in [-0.1, -0.05) is 25.2 Å². The number of rotatable bonds is 4. The van der Waals surface area contributed by atoms with Crippen molar-refractivity contribution < 1.29 is 9.72 Å². The van der Waals surface area contributed by atoms with Crippen molar-refractivity contribution in [1.29, 1.82) is 0 Å². The summed E-state index contributed by atoms with van der Waals surface area (Å²) in [5.74, 6) is -0.169. The lowest BCUT2D eigenvalue weighted by Crippen LogP contribution is -2.19. The van der Waals surface area contributed by atoms with Crippen LogP contribution in [-0.4, -0.2) is 15.8 Å². The molecule has 1 atom stereocenters. The van der Waals surface area contributed by atoms with Gasteiger partial charge in [0, 0.05) is 18.1 Å². The molecule has 0 bridgehead atoms. The molecule has 0 radical (unpaired) electrons. The van der Waals surface area contributed by atoms with Gasteiger partial charge in [-0.25, -0.2) is 4.98 Å². The molecule has 0 saturated carbocycles. The summed E-state index contributed by atoms with van der Waals surface area (Å²) in [7, 11) is 0. The Morgan fingerprint density at radius 3 is 2.95 bits per heavy atom. The second-order valence-corrected chi connectivity index (χ2v) is 5.26. The number of nitrogens with one attached hydrogen (secondary N) is 1. The van der Waals surface area contributed by atoms with Gasteiger partial charge in [-0.2, -0.15) is 0 Å². The van der Waals surface area contributed by atoms with Gasteiger partial charge in [0.25, 0.3) is 5.69 Å². The third-order valence-electron chi connectivity index (χ3n) is 2.87. The van der Waals surface area contributed by atoms with Gasteiger partial charge in [0.2, 0.25) is 5.91 Å². The maximum Gasteiger partial charge on any atom is 0.270 e. The number of hydrogen-bond donors (Lipinski definition) is 1. The Morgan fingerprint density at radius 2 is 2.32 bits per heavy atom. The SMILES string of the molecule is CC[C@H](C)C(=O)Nc1nc2ccc([N+](=O)[O-])cc2s1. The number of anilines is 1. The number of nitro groups is 1. The van der Waals surface area contributed by atoms with E-state index < -0.39 is 4.92 Å². The number of non-ortho nitro benzene ring substituents is 1. The molecular formula is C12H13N3O3S. The zero-order valence-corrected chi connectivity index (χ0v) is 11.4. The van der Waals surface area contributed by atoms with Crippen LogP contribution >= 0.6 is 11.3 Å². The Morgan fingerprint density at radius 1 is 1.58 bits per heavy atom. The van der Waals surface area contributed by atoms with Crippen molar-refractivity contribution in [2.24, 2.45) is 5.92 Å². The van der Waals surface area contributed by atoms with E-state index >= 15 is 0 Å². The Labute approximate surface area is 113 Å². The fourth-order valence-corrected chi connectivity index (χ4v) is 2.40. The molecule has 0 spiro atoms. The molecule has 7 heteroatoms. The van der Waals surface area contributed by atoms with Crippen LogP contribution in [0.4, 0.5) is 10.8 Å². The lowest BCUT2D eigenvalue weighted by atomic mass is 10.1. The van der Waals surface area contributed by atoms with Gasteiger partial charge in [-0.05, 0) is 12.5 Å². The first-order chi connectivity index (χ1) is 9.01. The molecule has 0 aliphatic carbocycles. The number of amides is 1. The van der Waals surface area contributed by atoms with Crippen molar-refractivity contribution >= 4 is 38.3 Å². The van der Waals surface area contributed by atoms with Crippen LogP contribution in [-0.2, 0) is 4.79 Å². The molecule has 0 saturated heterocycles. The lowest BCUT2D eigenvalue weighted by Gasteiger charge is -2.06. The van der Waals surface area contributed by atoms with E-state index in [-0.39, 0.29) is 17.5 Å². The predicted molar refractivity (Wildman–Crippen MR) is 74.4 cm³/mol. The predicted octanol–water partition coefficient (Wildman–Crippen LogP) is 3.19. The minimum Gasteiger partial charge on any atom is -0.302 e. The summed E-state index contributed by atoms with van der Waals surface area (Å²) in [5.41, 5.74) is 0.672. The van der Waals surface area contributed by atoms with E-state index in [0.29, 0.717) is 15.3 Å². The minimum atomic E-state index is -0.448. The Kier molecular flexibility index (Phi) is 3.75. The third kappa shape index (κ3) is 2.87. The monoisotopic (exact) mass is 279 g/mol. The molecule has 19 heavy (non-hydrogen) atoms. The summed E-state index contributed by atoms with van der Waals surface area (Å²) in [4.78, 5) is 26.2. The largest absolute Gasteiger partial charge is 0.302 e. The van der Waals surface area contributed by atoms with Crippen molar-refractivity contribution in [3.05, 3.63) is 28.3 Å². The number of benzene rings is 1. The molecule has 0 aliphatic heterocycles. The molecule has 100 valence electrons. The first-order valence-electron chi connectivity index (χ1n) is 5.87. The quantitative estimate of drug-likeness (QED) is 0.688. The molecule has 0 unspecified atom stereocenters. The molecule has 0 aliphatic rings. The standard InChI is InChI=1S/C12H13N3O3S/c1-3-7(2)11(16)14-12-13-9-5-4-8(15(17)18)6-10(9)19-12/h4-7H,3H2,1-2H3,(H,13,14,16)/t7-/m0/s1. The van der Waals surface area contributed by atoms with E-state index in [9.17, 15) is 14.9 Å². The lowest BCUT2D eigenvalue weighted by molar-refractivity contribution is -0.384. The molecule has 2 aromatic rings. The molecule has 1 N–H and O–H groups in total. The zero-order valence-electron chi connectivity index (χ0n) is 10.5. The number of nitrogens with zero attached hydrogens (tertiary/aromatic N) is 2. The van der Waals surface area contributed by atoms with Crippen molar-refractivity contribution in [2.75, 3.05) is 5.32 Å². The number of aromatic nitrogens is 1. The van der Waals surface area contributed by atoms with Gasteiger partial charge in [-0.3, -0.25) is 14.9 Å². The van der Waals surface area contributed by atoms with Gasteiger partial charge in [0.1, 0.15) is 0 Å². The highest BCUT2D eigenvalue weighted by atomic mass is 32.1. The van der Waals surface area contributed by atoms with Crippen molar-refractivity contribution in [2.45, 2.75) is 20.3 Å². The number of fused-ring (bicyclic) bond motifs is 1. The van der Waals surface area contributed by atoms with Crippen LogP contribution in [0.1, 0.15) is 20.3 Å². The zero-order chi connectivity index (χ0) is 14.0. The molecule has 1 amide bonds. The Balaban J connectivity index is 2.26. The van der Waals surface area contributed by atoms with Gasteiger partial charge in [0.15, 0.2) is 5.13 Å². The molecule has 1 aromatic heterocycles. The second kappa shape index (κ2) is 5.31. The van der Waals surface area contributed by atoms with E-state index in [1.165, 1.54) is 23.5 Å². The summed E-state index contributed by atoms with van der Waals surface area (Å²) < 4.78 is 0.689. The summed E-state index contributed by atoms with van der Waals surface area (Å²) in [6.07, 6.45) is 0.752. The van der Waals surface area contributed by atoms with Gasteiger partial charge < -0.3 is 5.32 Å². The van der Waals surface area contributed by atoms with E-state index in [4.69, 9.17) is 0 Å². The number of carbonyl (C=O) groups is 1. The number of nitro benzene ring substituents is 1. The summed E-state index contributed by atoms with van der Waals surface area (Å²) in [6, 6.07) is 4.46. The summed E-state index contributed by atoms with van der Waals surface area (Å²) in [5, 5.41) is 13.9. The maximum absolute atomic E-state index is 11.7. The average Bonchev–Trinajstić information content (AvgIpc) is 2.78. The van der Waals surface area contributed by atoms with Crippen LogP contribution < -0.4 is 5.32 Å². The van der Waals surface area contributed by atoms with Crippen LogP contribution in [0.3, 0.4) is 0 Å². The number of carbonyl (C=O) groups excluding carboxylic acids is 1. The van der Waals surface area contributed by atoms with Crippen LogP contribution in [0.2, 0.25) is 0 Å². The first-order valence-corrected chi connectivity index (χ1v) is 6.68. The van der Waals surface area contributed by atoms with E-state index in [1.807, 2.05) is 13.8 Å². The summed E-state index contributed by atoms with van der Waals surface area (Å²) >= 11 is 1.24. The fraction of sp³-hybridized carbons (Fsp3) is 0.333. The fourth-order valence-electron chi connectivity index (χ4n) is 1.49. The molecule has 2 rings (SSSR count). The highest BCUT2D eigenvalue weighted by Gasteiger charge is 2.14. The van der Waals surface area contributed by atoms with Gasteiger partial charge in [-0.15, -0.1) is 0 Å². The average molecular weight is 279 g/mol. The highest BCUT2D eigenvalue weighted by molar-refractivity contribution is 7.22. The maximum atomic E-state index is 11.7.